The molecular formula is C8H16N4O. The minimum atomic E-state index is 0.452. The highest BCUT2D eigenvalue weighted by Crippen LogP contribution is 1.92. The molecule has 2 N–H and O–H groups in total. The molecule has 0 saturated heterocycles. The maximum Gasteiger partial charge on any atom is 0.165 e. The molecule has 0 aliphatic heterocycles. The number of aromatic nitrogens is 3. The Labute approximate surface area is 77.9 Å². The molecule has 1 aromatic rings. The fraction of sp³-hybridized carbons (Fsp3) is 0.750. The normalized spacial score (nSPS) is 10.5. The first kappa shape index (κ1) is 9.98. The fourth-order valence-electron chi connectivity index (χ4n) is 0.913. The molecular weight excluding hydrogens is 168 g/mol. The summed E-state index contributed by atoms with van der Waals surface area (Å²) in [7, 11) is 0. The van der Waals surface area contributed by atoms with Gasteiger partial charge < -0.3 is 10.5 Å². The van der Waals surface area contributed by atoms with Gasteiger partial charge in [-0.05, 0) is 6.42 Å². The summed E-state index contributed by atoms with van der Waals surface area (Å²) in [5.41, 5.74) is 5.40. The third-order valence-corrected chi connectivity index (χ3v) is 1.63. The summed E-state index contributed by atoms with van der Waals surface area (Å²) in [5, 5.41) is 7.87. The summed E-state index contributed by atoms with van der Waals surface area (Å²) in [6.45, 7) is 4.27. The SMILES string of the molecule is CCCCOCCn1ncc(N)n1. The van der Waals surface area contributed by atoms with Crippen LogP contribution in [0.4, 0.5) is 5.82 Å². The van der Waals surface area contributed by atoms with Crippen LogP contribution in [0, 0.1) is 0 Å². The average Bonchev–Trinajstić information content (AvgIpc) is 2.51. The van der Waals surface area contributed by atoms with E-state index in [4.69, 9.17) is 10.5 Å². The number of hydrogen-bond donors (Lipinski definition) is 1. The van der Waals surface area contributed by atoms with Gasteiger partial charge in [-0.3, -0.25) is 0 Å². The molecule has 0 bridgehead atoms. The third-order valence-electron chi connectivity index (χ3n) is 1.63. The Bertz CT molecular complexity index is 236. The molecule has 5 nitrogen and oxygen atoms in total. The maximum absolute atomic E-state index is 5.40. The lowest BCUT2D eigenvalue weighted by Gasteiger charge is -2.01. The van der Waals surface area contributed by atoms with Crippen molar-refractivity contribution in [1.82, 2.24) is 15.0 Å². The number of unbranched alkanes of at least 4 members (excludes halogenated alkanes) is 1. The van der Waals surface area contributed by atoms with Gasteiger partial charge in [0.25, 0.3) is 0 Å². The van der Waals surface area contributed by atoms with Crippen molar-refractivity contribution in [1.29, 1.82) is 0 Å². The van der Waals surface area contributed by atoms with Crippen molar-refractivity contribution < 1.29 is 4.74 Å². The van der Waals surface area contributed by atoms with E-state index in [9.17, 15) is 0 Å². The molecule has 0 fully saturated rings. The van der Waals surface area contributed by atoms with Gasteiger partial charge in [0.1, 0.15) is 0 Å². The molecule has 1 aromatic heterocycles. The molecule has 0 aliphatic rings. The van der Waals surface area contributed by atoms with Gasteiger partial charge in [-0.15, -0.1) is 5.10 Å². The molecule has 0 atom stereocenters. The third kappa shape index (κ3) is 3.89. The van der Waals surface area contributed by atoms with E-state index in [1.165, 1.54) is 6.20 Å². The quantitative estimate of drug-likeness (QED) is 0.660. The topological polar surface area (TPSA) is 66.0 Å². The van der Waals surface area contributed by atoms with Gasteiger partial charge in [0.05, 0.1) is 19.3 Å². The van der Waals surface area contributed by atoms with E-state index in [0.717, 1.165) is 19.4 Å². The number of anilines is 1. The van der Waals surface area contributed by atoms with Gasteiger partial charge in [0.2, 0.25) is 0 Å². The summed E-state index contributed by atoms with van der Waals surface area (Å²) in [6.07, 6.45) is 3.80. The summed E-state index contributed by atoms with van der Waals surface area (Å²) in [6, 6.07) is 0. The van der Waals surface area contributed by atoms with Crippen LogP contribution in [0.15, 0.2) is 6.20 Å². The van der Waals surface area contributed by atoms with Crippen LogP contribution >= 0.6 is 0 Å². The maximum atomic E-state index is 5.40. The molecule has 0 amide bonds. The first-order chi connectivity index (χ1) is 6.33. The zero-order valence-electron chi connectivity index (χ0n) is 7.94. The van der Waals surface area contributed by atoms with Crippen LogP contribution in [0.5, 0.6) is 0 Å². The Morgan fingerprint density at radius 2 is 2.38 bits per heavy atom. The smallest absolute Gasteiger partial charge is 0.165 e. The molecule has 0 radical (unpaired) electrons. The standard InChI is InChI=1S/C8H16N4O/c1-2-3-5-13-6-4-12-10-7-8(9)11-12/h7H,2-6H2,1H3,(H2,9,11). The van der Waals surface area contributed by atoms with Gasteiger partial charge in [-0.1, -0.05) is 13.3 Å². The van der Waals surface area contributed by atoms with E-state index >= 15 is 0 Å². The molecule has 0 saturated carbocycles. The van der Waals surface area contributed by atoms with E-state index in [1.807, 2.05) is 0 Å². The number of nitrogens with two attached hydrogens (primary N) is 1. The number of nitrogens with zero attached hydrogens (tertiary/aromatic N) is 3. The van der Waals surface area contributed by atoms with E-state index in [0.29, 0.717) is 19.0 Å². The van der Waals surface area contributed by atoms with E-state index < -0.39 is 0 Å². The van der Waals surface area contributed by atoms with E-state index in [1.54, 1.807) is 4.80 Å². The van der Waals surface area contributed by atoms with Crippen molar-refractivity contribution >= 4 is 5.82 Å². The van der Waals surface area contributed by atoms with Crippen LogP contribution in [0.2, 0.25) is 0 Å². The van der Waals surface area contributed by atoms with Crippen molar-refractivity contribution in [3.63, 3.8) is 0 Å². The summed E-state index contributed by atoms with van der Waals surface area (Å²) in [5.74, 6) is 0.452. The molecule has 1 rings (SSSR count). The molecule has 74 valence electrons. The summed E-state index contributed by atoms with van der Waals surface area (Å²) < 4.78 is 5.35. The molecule has 0 spiro atoms. The van der Waals surface area contributed by atoms with E-state index in [2.05, 4.69) is 17.1 Å². The zero-order chi connectivity index (χ0) is 9.52. The molecule has 13 heavy (non-hydrogen) atoms. The predicted octanol–water partition coefficient (Wildman–Crippen LogP) is 0.677. The predicted molar refractivity (Wildman–Crippen MR) is 50.2 cm³/mol. The lowest BCUT2D eigenvalue weighted by molar-refractivity contribution is 0.118. The van der Waals surface area contributed by atoms with Crippen LogP contribution in [-0.4, -0.2) is 28.2 Å². The second-order valence-corrected chi connectivity index (χ2v) is 2.83. The Balaban J connectivity index is 2.06. The highest BCUT2D eigenvalue weighted by Gasteiger charge is 1.95. The first-order valence-corrected chi connectivity index (χ1v) is 4.56. The first-order valence-electron chi connectivity index (χ1n) is 4.56. The largest absolute Gasteiger partial charge is 0.381 e. The van der Waals surface area contributed by atoms with E-state index in [-0.39, 0.29) is 0 Å². The van der Waals surface area contributed by atoms with Crippen LogP contribution < -0.4 is 5.73 Å². The van der Waals surface area contributed by atoms with Crippen molar-refractivity contribution in [3.8, 4) is 0 Å². The molecule has 5 heteroatoms. The van der Waals surface area contributed by atoms with Crippen molar-refractivity contribution in [2.45, 2.75) is 26.3 Å². The van der Waals surface area contributed by atoms with Gasteiger partial charge in [0, 0.05) is 6.61 Å². The summed E-state index contributed by atoms with van der Waals surface area (Å²) >= 11 is 0. The summed E-state index contributed by atoms with van der Waals surface area (Å²) in [4.78, 5) is 1.54. The van der Waals surface area contributed by atoms with Crippen molar-refractivity contribution in [2.24, 2.45) is 0 Å². The van der Waals surface area contributed by atoms with Gasteiger partial charge in [0.15, 0.2) is 5.82 Å². The highest BCUT2D eigenvalue weighted by atomic mass is 16.5. The number of ether oxygens (including phenoxy) is 1. The lowest BCUT2D eigenvalue weighted by atomic mass is 10.4. The Kier molecular flexibility index (Phi) is 4.25. The van der Waals surface area contributed by atoms with Crippen LogP contribution in [0.1, 0.15) is 19.8 Å². The van der Waals surface area contributed by atoms with Crippen molar-refractivity contribution in [3.05, 3.63) is 6.20 Å². The highest BCUT2D eigenvalue weighted by molar-refractivity contribution is 5.19. The second-order valence-electron chi connectivity index (χ2n) is 2.83. The van der Waals surface area contributed by atoms with Crippen molar-refractivity contribution in [2.75, 3.05) is 18.9 Å². The minimum absolute atomic E-state index is 0.452. The fourth-order valence-corrected chi connectivity index (χ4v) is 0.913. The Morgan fingerprint density at radius 3 is 3.00 bits per heavy atom. The lowest BCUT2D eigenvalue weighted by Crippen LogP contribution is -2.09. The number of hydrogen-bond acceptors (Lipinski definition) is 4. The second kappa shape index (κ2) is 5.53. The monoisotopic (exact) mass is 184 g/mol. The molecule has 0 aromatic carbocycles. The molecule has 0 unspecified atom stereocenters. The van der Waals surface area contributed by atoms with Crippen LogP contribution in [0.3, 0.4) is 0 Å². The van der Waals surface area contributed by atoms with Crippen LogP contribution in [0.25, 0.3) is 0 Å². The number of nitrogen functional groups attached to an aromatic ring is 1. The zero-order valence-corrected chi connectivity index (χ0v) is 7.94. The van der Waals surface area contributed by atoms with Gasteiger partial charge >= 0.3 is 0 Å². The Hall–Kier alpha value is -1.10. The minimum Gasteiger partial charge on any atom is -0.381 e. The Morgan fingerprint density at radius 1 is 1.54 bits per heavy atom. The van der Waals surface area contributed by atoms with Gasteiger partial charge in [-0.25, -0.2) is 0 Å². The number of rotatable bonds is 6. The molecule has 1 heterocycles. The average molecular weight is 184 g/mol. The molecule has 0 aliphatic carbocycles. The van der Waals surface area contributed by atoms with Gasteiger partial charge in [-0.2, -0.15) is 9.90 Å². The van der Waals surface area contributed by atoms with Crippen LogP contribution in [-0.2, 0) is 11.3 Å².